The molecule has 6 nitrogen and oxygen atoms in total. The van der Waals surface area contributed by atoms with Crippen LogP contribution in [0.5, 0.6) is 0 Å². The largest absolute Gasteiger partial charge is 0.325 e. The van der Waals surface area contributed by atoms with E-state index in [1.54, 1.807) is 66.7 Å². The van der Waals surface area contributed by atoms with Crippen LogP contribution in [0.4, 0.5) is 11.4 Å². The number of nitrogens with one attached hydrogen (secondary N) is 3. The zero-order valence-electron chi connectivity index (χ0n) is 24.2. The molecule has 9 heteroatoms. The van der Waals surface area contributed by atoms with Gasteiger partial charge in [-0.2, -0.15) is 0 Å². The van der Waals surface area contributed by atoms with Crippen molar-refractivity contribution in [2.24, 2.45) is 0 Å². The third kappa shape index (κ3) is 8.34. The summed E-state index contributed by atoms with van der Waals surface area (Å²) in [6.45, 7) is 1.96. The second-order valence-corrected chi connectivity index (χ2v) is 12.1. The molecule has 3 N–H and O–H groups in total. The van der Waals surface area contributed by atoms with Crippen molar-refractivity contribution in [3.05, 3.63) is 142 Å². The number of benzene rings is 5. The number of amides is 3. The molecule has 0 fully saturated rings. The Bertz CT molecular complexity index is 1900. The van der Waals surface area contributed by atoms with Crippen LogP contribution in [0.15, 0.2) is 126 Å². The van der Waals surface area contributed by atoms with Crippen LogP contribution in [-0.2, 0) is 9.59 Å². The van der Waals surface area contributed by atoms with Crippen LogP contribution in [-0.4, -0.2) is 23.0 Å². The molecule has 0 heterocycles. The molecule has 0 saturated carbocycles. The highest BCUT2D eigenvalue weighted by atomic mass is 35.5. The lowest BCUT2D eigenvalue weighted by Gasteiger charge is -2.16. The molecule has 3 amide bonds. The summed E-state index contributed by atoms with van der Waals surface area (Å²) >= 11 is 14.0. The third-order valence-corrected chi connectivity index (χ3v) is 9.05. The maximum absolute atomic E-state index is 13.5. The van der Waals surface area contributed by atoms with Crippen molar-refractivity contribution in [3.63, 3.8) is 0 Å². The van der Waals surface area contributed by atoms with Gasteiger partial charge in [-0.1, -0.05) is 96.9 Å². The number of hydrogen-bond acceptors (Lipinski definition) is 4. The van der Waals surface area contributed by atoms with Crippen molar-refractivity contribution >= 4 is 80.9 Å². The van der Waals surface area contributed by atoms with Crippen LogP contribution in [0.25, 0.3) is 16.8 Å². The van der Waals surface area contributed by atoms with Gasteiger partial charge >= 0.3 is 0 Å². The lowest BCUT2D eigenvalue weighted by molar-refractivity contribution is -0.116. The highest BCUT2D eigenvalue weighted by Gasteiger charge is 2.20. The van der Waals surface area contributed by atoms with Gasteiger partial charge in [0.1, 0.15) is 5.70 Å². The summed E-state index contributed by atoms with van der Waals surface area (Å²) in [5.41, 5.74) is 2.06. The predicted molar refractivity (Wildman–Crippen MR) is 186 cm³/mol. The predicted octanol–water partition coefficient (Wildman–Crippen LogP) is 9.07. The van der Waals surface area contributed by atoms with Gasteiger partial charge in [-0.15, -0.1) is 11.8 Å². The van der Waals surface area contributed by atoms with Crippen LogP contribution in [0, 0.1) is 0 Å². The van der Waals surface area contributed by atoms with Crippen LogP contribution in [0.3, 0.4) is 0 Å². The molecule has 5 rings (SSSR count). The van der Waals surface area contributed by atoms with E-state index in [9.17, 15) is 14.4 Å². The fourth-order valence-corrected chi connectivity index (χ4v) is 5.93. The molecule has 226 valence electrons. The molecule has 0 aliphatic rings. The van der Waals surface area contributed by atoms with Gasteiger partial charge in [0.15, 0.2) is 0 Å². The molecule has 0 bridgehead atoms. The number of thioether (sulfide) groups is 1. The van der Waals surface area contributed by atoms with E-state index >= 15 is 0 Å². The van der Waals surface area contributed by atoms with Gasteiger partial charge < -0.3 is 16.0 Å². The van der Waals surface area contributed by atoms with Gasteiger partial charge in [-0.25, -0.2) is 0 Å². The highest BCUT2D eigenvalue weighted by molar-refractivity contribution is 8.00. The topological polar surface area (TPSA) is 87.3 Å². The van der Waals surface area contributed by atoms with Gasteiger partial charge in [-0.05, 0) is 77.4 Å². The standard InChI is InChI=1S/C36H29Cl2N3O3S/c1-2-32(36(44)40-28-19-18-23-10-6-7-13-25(23)20-28)45-29-16-9-15-27(22-29)39-35(43)31(21-26-14-8-17-30(37)33(26)38)41-34(42)24-11-4-3-5-12-24/h3-22,32H,2H2,1H3,(H,39,43)(H,40,44)(H,41,42)/b31-21+. The fraction of sp³-hybridized carbons (Fsp3) is 0.0833. The van der Waals surface area contributed by atoms with E-state index in [0.717, 1.165) is 21.4 Å². The van der Waals surface area contributed by atoms with Crippen LogP contribution >= 0.6 is 35.0 Å². The van der Waals surface area contributed by atoms with Crippen LogP contribution in [0.1, 0.15) is 29.3 Å². The molecule has 5 aromatic rings. The number of fused-ring (bicyclic) bond motifs is 1. The van der Waals surface area contributed by atoms with E-state index in [4.69, 9.17) is 23.2 Å². The van der Waals surface area contributed by atoms with Gasteiger partial charge in [0, 0.05) is 21.8 Å². The van der Waals surface area contributed by atoms with Crippen LogP contribution < -0.4 is 16.0 Å². The quantitative estimate of drug-likeness (QED) is 0.104. The summed E-state index contributed by atoms with van der Waals surface area (Å²) in [6.07, 6.45) is 2.08. The SMILES string of the molecule is CCC(Sc1cccc(NC(=O)/C(=C\c2cccc(Cl)c2Cl)NC(=O)c2ccccc2)c1)C(=O)Nc1ccc2ccccc2c1. The average Bonchev–Trinajstić information content (AvgIpc) is 3.05. The van der Waals surface area contributed by atoms with E-state index < -0.39 is 11.8 Å². The van der Waals surface area contributed by atoms with E-state index in [-0.39, 0.29) is 21.9 Å². The first-order valence-corrected chi connectivity index (χ1v) is 15.8. The lowest BCUT2D eigenvalue weighted by Crippen LogP contribution is -2.30. The molecule has 0 radical (unpaired) electrons. The first-order chi connectivity index (χ1) is 21.8. The Morgan fingerprint density at radius 2 is 1.47 bits per heavy atom. The van der Waals surface area contributed by atoms with Gasteiger partial charge in [0.25, 0.3) is 11.8 Å². The van der Waals surface area contributed by atoms with E-state index in [1.165, 1.54) is 17.8 Å². The zero-order valence-corrected chi connectivity index (χ0v) is 26.5. The van der Waals surface area contributed by atoms with Gasteiger partial charge in [0.2, 0.25) is 5.91 Å². The Morgan fingerprint density at radius 3 is 2.24 bits per heavy atom. The molecule has 1 unspecified atom stereocenters. The number of carbonyl (C=O) groups is 3. The summed E-state index contributed by atoms with van der Waals surface area (Å²) in [6, 6.07) is 34.6. The summed E-state index contributed by atoms with van der Waals surface area (Å²) in [4.78, 5) is 40.5. The molecule has 0 aromatic heterocycles. The molecule has 0 spiro atoms. The Balaban J connectivity index is 1.32. The summed E-state index contributed by atoms with van der Waals surface area (Å²) < 4.78 is 0. The second kappa shape index (κ2) is 14.9. The molecule has 45 heavy (non-hydrogen) atoms. The van der Waals surface area contributed by atoms with Crippen molar-refractivity contribution in [1.82, 2.24) is 5.32 Å². The van der Waals surface area contributed by atoms with E-state index in [0.29, 0.717) is 28.3 Å². The summed E-state index contributed by atoms with van der Waals surface area (Å²) in [7, 11) is 0. The minimum atomic E-state index is -0.557. The fourth-order valence-electron chi connectivity index (χ4n) is 4.55. The molecular weight excluding hydrogens is 625 g/mol. The number of rotatable bonds is 10. The Morgan fingerprint density at radius 1 is 0.756 bits per heavy atom. The van der Waals surface area contributed by atoms with Gasteiger partial charge in [-0.3, -0.25) is 14.4 Å². The Hall–Kier alpha value is -4.56. The van der Waals surface area contributed by atoms with Crippen molar-refractivity contribution in [1.29, 1.82) is 0 Å². The summed E-state index contributed by atoms with van der Waals surface area (Å²) in [5.74, 6) is -1.12. The van der Waals surface area contributed by atoms with Crippen molar-refractivity contribution < 1.29 is 14.4 Å². The molecule has 1 atom stereocenters. The zero-order chi connectivity index (χ0) is 31.8. The van der Waals surface area contributed by atoms with Crippen molar-refractivity contribution in [2.75, 3.05) is 10.6 Å². The number of carbonyl (C=O) groups excluding carboxylic acids is 3. The molecule has 5 aromatic carbocycles. The maximum atomic E-state index is 13.5. The first-order valence-electron chi connectivity index (χ1n) is 14.2. The van der Waals surface area contributed by atoms with Crippen molar-refractivity contribution in [3.8, 4) is 0 Å². The highest BCUT2D eigenvalue weighted by Crippen LogP contribution is 2.30. The minimum Gasteiger partial charge on any atom is -0.325 e. The number of halogens is 2. The minimum absolute atomic E-state index is 0.0210. The Kier molecular flexibility index (Phi) is 10.6. The van der Waals surface area contributed by atoms with E-state index in [1.807, 2.05) is 55.5 Å². The summed E-state index contributed by atoms with van der Waals surface area (Å²) in [5, 5.41) is 10.9. The van der Waals surface area contributed by atoms with Crippen LogP contribution in [0.2, 0.25) is 10.0 Å². The van der Waals surface area contributed by atoms with Gasteiger partial charge in [0.05, 0.1) is 15.3 Å². The molecule has 0 aliphatic carbocycles. The second-order valence-electron chi connectivity index (χ2n) is 10.1. The molecule has 0 aliphatic heterocycles. The number of anilines is 2. The smallest absolute Gasteiger partial charge is 0.272 e. The number of hydrogen-bond donors (Lipinski definition) is 3. The Labute approximate surface area is 275 Å². The van der Waals surface area contributed by atoms with Crippen molar-refractivity contribution in [2.45, 2.75) is 23.5 Å². The lowest BCUT2D eigenvalue weighted by atomic mass is 10.1. The molecular formula is C36H29Cl2N3O3S. The average molecular weight is 655 g/mol. The van der Waals surface area contributed by atoms with E-state index in [2.05, 4.69) is 16.0 Å². The first kappa shape index (κ1) is 31.9. The molecule has 0 saturated heterocycles. The monoisotopic (exact) mass is 653 g/mol. The third-order valence-electron chi connectivity index (χ3n) is 6.86. The maximum Gasteiger partial charge on any atom is 0.272 e. The normalized spacial score (nSPS) is 11.9.